The van der Waals surface area contributed by atoms with Crippen LogP contribution in [0.1, 0.15) is 47.5 Å². The maximum Gasteiger partial charge on any atom is 0.322 e. The molecule has 0 saturated heterocycles. The number of nitrogens with two attached hydrogens (primary N) is 1. The minimum absolute atomic E-state index is 0.197. The van der Waals surface area contributed by atoms with Gasteiger partial charge in [0.05, 0.1) is 6.61 Å². The summed E-state index contributed by atoms with van der Waals surface area (Å²) in [4.78, 5) is 11.4. The molecule has 0 saturated carbocycles. The zero-order valence-electron chi connectivity index (χ0n) is 10.7. The van der Waals surface area contributed by atoms with Gasteiger partial charge in [0.1, 0.15) is 6.04 Å². The van der Waals surface area contributed by atoms with E-state index in [9.17, 15) is 4.79 Å². The molecule has 1 atom stereocenters. The van der Waals surface area contributed by atoms with E-state index in [0.717, 1.165) is 6.42 Å². The second-order valence-electron chi connectivity index (χ2n) is 5.71. The Morgan fingerprint density at radius 3 is 2.27 bits per heavy atom. The van der Waals surface area contributed by atoms with Crippen LogP contribution in [0.5, 0.6) is 0 Å². The van der Waals surface area contributed by atoms with Gasteiger partial charge in [0, 0.05) is 0 Å². The van der Waals surface area contributed by atoms with Crippen molar-refractivity contribution in [2.24, 2.45) is 17.1 Å². The van der Waals surface area contributed by atoms with Gasteiger partial charge in [0.25, 0.3) is 0 Å². The molecule has 0 heterocycles. The van der Waals surface area contributed by atoms with Crippen LogP contribution in [0.3, 0.4) is 0 Å². The Morgan fingerprint density at radius 2 is 1.87 bits per heavy atom. The van der Waals surface area contributed by atoms with Gasteiger partial charge in [0.15, 0.2) is 0 Å². The van der Waals surface area contributed by atoms with Gasteiger partial charge in [0.2, 0.25) is 0 Å². The summed E-state index contributed by atoms with van der Waals surface area (Å²) in [6, 6.07) is -0.468. The Morgan fingerprint density at radius 1 is 1.33 bits per heavy atom. The van der Waals surface area contributed by atoms with Crippen LogP contribution in [0, 0.1) is 11.3 Å². The molecule has 3 nitrogen and oxygen atoms in total. The molecule has 0 unspecified atom stereocenters. The molecule has 0 amide bonds. The van der Waals surface area contributed by atoms with Crippen LogP contribution in [0.2, 0.25) is 0 Å². The van der Waals surface area contributed by atoms with E-state index in [2.05, 4.69) is 20.8 Å². The molecule has 0 aliphatic carbocycles. The second-order valence-corrected chi connectivity index (χ2v) is 5.71. The van der Waals surface area contributed by atoms with Crippen LogP contribution >= 0.6 is 0 Å². The SMILES string of the molecule is CC(C)C[C@@H](N)C(=O)OCCC(C)(C)C. The number of hydrogen-bond acceptors (Lipinski definition) is 3. The third-order valence-corrected chi connectivity index (χ3v) is 2.12. The summed E-state index contributed by atoms with van der Waals surface area (Å²) in [5.74, 6) is 0.156. The molecule has 0 aromatic rings. The van der Waals surface area contributed by atoms with Crippen LogP contribution in [0.25, 0.3) is 0 Å². The summed E-state index contributed by atoms with van der Waals surface area (Å²) in [6.07, 6.45) is 1.56. The van der Waals surface area contributed by atoms with Gasteiger partial charge in [-0.2, -0.15) is 0 Å². The van der Waals surface area contributed by atoms with Gasteiger partial charge in [-0.25, -0.2) is 0 Å². The molecule has 0 aromatic carbocycles. The van der Waals surface area contributed by atoms with Crippen molar-refractivity contribution >= 4 is 5.97 Å². The normalized spacial score (nSPS) is 14.1. The molecule has 0 rings (SSSR count). The van der Waals surface area contributed by atoms with Crippen molar-refractivity contribution in [3.8, 4) is 0 Å². The van der Waals surface area contributed by atoms with Crippen LogP contribution in [0.15, 0.2) is 0 Å². The van der Waals surface area contributed by atoms with Crippen LogP contribution in [-0.4, -0.2) is 18.6 Å². The van der Waals surface area contributed by atoms with Crippen LogP contribution in [0.4, 0.5) is 0 Å². The molecule has 0 radical (unpaired) electrons. The second kappa shape index (κ2) is 6.11. The highest BCUT2D eigenvalue weighted by molar-refractivity contribution is 5.75. The standard InChI is InChI=1S/C12H25NO2/c1-9(2)8-10(13)11(14)15-7-6-12(3,4)5/h9-10H,6-8,13H2,1-5H3/t10-/m1/s1. The van der Waals surface area contributed by atoms with Crippen molar-refractivity contribution in [2.45, 2.75) is 53.5 Å². The highest BCUT2D eigenvalue weighted by atomic mass is 16.5. The zero-order chi connectivity index (χ0) is 12.1. The quantitative estimate of drug-likeness (QED) is 0.716. The number of ether oxygens (including phenoxy) is 1. The molecule has 0 bridgehead atoms. The molecule has 0 aromatic heterocycles. The molecule has 90 valence electrons. The lowest BCUT2D eigenvalue weighted by atomic mass is 9.93. The van der Waals surface area contributed by atoms with E-state index < -0.39 is 6.04 Å². The third-order valence-electron chi connectivity index (χ3n) is 2.12. The minimum Gasteiger partial charge on any atom is -0.465 e. The first-order chi connectivity index (χ1) is 6.72. The Labute approximate surface area is 93.4 Å². The summed E-state index contributed by atoms with van der Waals surface area (Å²) < 4.78 is 5.12. The van der Waals surface area contributed by atoms with Gasteiger partial charge >= 0.3 is 5.97 Å². The highest BCUT2D eigenvalue weighted by Crippen LogP contribution is 2.18. The topological polar surface area (TPSA) is 52.3 Å². The first kappa shape index (κ1) is 14.4. The molecule has 2 N–H and O–H groups in total. The average molecular weight is 215 g/mol. The van der Waals surface area contributed by atoms with Crippen molar-refractivity contribution in [2.75, 3.05) is 6.61 Å². The molecule has 0 fully saturated rings. The number of hydrogen-bond donors (Lipinski definition) is 1. The van der Waals surface area contributed by atoms with E-state index in [-0.39, 0.29) is 11.4 Å². The maximum atomic E-state index is 11.4. The molecule has 0 spiro atoms. The highest BCUT2D eigenvalue weighted by Gasteiger charge is 2.17. The Kier molecular flexibility index (Phi) is 5.88. The van der Waals surface area contributed by atoms with Gasteiger partial charge in [-0.15, -0.1) is 0 Å². The molecule has 0 aliphatic rings. The van der Waals surface area contributed by atoms with E-state index in [4.69, 9.17) is 10.5 Å². The zero-order valence-corrected chi connectivity index (χ0v) is 10.7. The molecule has 3 heteroatoms. The summed E-state index contributed by atoms with van der Waals surface area (Å²) >= 11 is 0. The van der Waals surface area contributed by atoms with Crippen LogP contribution < -0.4 is 5.73 Å². The number of esters is 1. The van der Waals surface area contributed by atoms with Crippen LogP contribution in [-0.2, 0) is 9.53 Å². The van der Waals surface area contributed by atoms with Crippen molar-refractivity contribution in [1.82, 2.24) is 0 Å². The van der Waals surface area contributed by atoms with Crippen molar-refractivity contribution in [1.29, 1.82) is 0 Å². The summed E-state index contributed by atoms with van der Waals surface area (Å²) in [5, 5.41) is 0. The van der Waals surface area contributed by atoms with E-state index in [1.165, 1.54) is 0 Å². The fourth-order valence-electron chi connectivity index (χ4n) is 1.17. The van der Waals surface area contributed by atoms with Gasteiger partial charge < -0.3 is 10.5 Å². The smallest absolute Gasteiger partial charge is 0.322 e. The monoisotopic (exact) mass is 215 g/mol. The minimum atomic E-state index is -0.468. The lowest BCUT2D eigenvalue weighted by molar-refractivity contribution is -0.146. The predicted molar refractivity (Wildman–Crippen MR) is 62.5 cm³/mol. The molecule has 0 aliphatic heterocycles. The fraction of sp³-hybridized carbons (Fsp3) is 0.917. The van der Waals surface area contributed by atoms with Crippen molar-refractivity contribution in [3.05, 3.63) is 0 Å². The van der Waals surface area contributed by atoms with E-state index in [1.807, 2.05) is 13.8 Å². The lowest BCUT2D eigenvalue weighted by Crippen LogP contribution is -2.34. The Balaban J connectivity index is 3.74. The summed E-state index contributed by atoms with van der Waals surface area (Å²) in [6.45, 7) is 10.9. The predicted octanol–water partition coefficient (Wildman–Crippen LogP) is 2.34. The van der Waals surface area contributed by atoms with Gasteiger partial charge in [-0.1, -0.05) is 34.6 Å². The fourth-order valence-corrected chi connectivity index (χ4v) is 1.17. The summed E-state index contributed by atoms with van der Waals surface area (Å²) in [7, 11) is 0. The molecule has 15 heavy (non-hydrogen) atoms. The molecular formula is C12H25NO2. The van der Waals surface area contributed by atoms with E-state index in [1.54, 1.807) is 0 Å². The number of carbonyl (C=O) groups is 1. The van der Waals surface area contributed by atoms with Gasteiger partial charge in [-0.3, -0.25) is 4.79 Å². The third kappa shape index (κ3) is 8.43. The largest absolute Gasteiger partial charge is 0.465 e. The first-order valence-electron chi connectivity index (χ1n) is 5.64. The Hall–Kier alpha value is -0.570. The Bertz CT molecular complexity index is 194. The van der Waals surface area contributed by atoms with E-state index in [0.29, 0.717) is 18.9 Å². The average Bonchev–Trinajstić information content (AvgIpc) is 2.00. The first-order valence-corrected chi connectivity index (χ1v) is 5.64. The number of carbonyl (C=O) groups excluding carboxylic acids is 1. The summed E-state index contributed by atoms with van der Waals surface area (Å²) in [5.41, 5.74) is 5.89. The number of rotatable bonds is 5. The van der Waals surface area contributed by atoms with E-state index >= 15 is 0 Å². The maximum absolute atomic E-state index is 11.4. The van der Waals surface area contributed by atoms with Crippen molar-refractivity contribution < 1.29 is 9.53 Å². The lowest BCUT2D eigenvalue weighted by Gasteiger charge is -2.19. The van der Waals surface area contributed by atoms with Crippen molar-refractivity contribution in [3.63, 3.8) is 0 Å². The molecular weight excluding hydrogens is 190 g/mol. The van der Waals surface area contributed by atoms with Gasteiger partial charge in [-0.05, 0) is 24.2 Å².